The van der Waals surface area contributed by atoms with Crippen LogP contribution < -0.4 is 9.47 Å². The van der Waals surface area contributed by atoms with Crippen molar-refractivity contribution in [2.75, 3.05) is 53.6 Å². The normalized spacial score (nSPS) is 19.9. The molecule has 2 aliphatic heterocycles. The lowest BCUT2D eigenvalue weighted by molar-refractivity contribution is -0.140. The molecule has 0 spiro atoms. The summed E-state index contributed by atoms with van der Waals surface area (Å²) < 4.78 is 18.3. The Balaban J connectivity index is 1.68. The number of ketones is 1. The Hall–Kier alpha value is -3.89. The van der Waals surface area contributed by atoms with Gasteiger partial charge in [0, 0.05) is 37.9 Å². The number of fused-ring (bicyclic) bond motifs is 1. The average molecular weight is 521 g/mol. The van der Waals surface area contributed by atoms with E-state index < -0.39 is 17.7 Å². The fourth-order valence-corrected chi connectivity index (χ4v) is 5.29. The number of nitrogens with zero attached hydrogens (tertiary/aromatic N) is 4. The summed E-state index contributed by atoms with van der Waals surface area (Å²) >= 11 is 0. The summed E-state index contributed by atoms with van der Waals surface area (Å²) in [6, 6.07) is 8.13. The fourth-order valence-electron chi connectivity index (χ4n) is 5.29. The molecule has 1 N–H and O–H groups in total. The molecule has 2 fully saturated rings. The lowest BCUT2D eigenvalue weighted by Gasteiger charge is -2.31. The molecule has 5 rings (SSSR count). The van der Waals surface area contributed by atoms with Gasteiger partial charge < -0.3 is 24.2 Å². The summed E-state index contributed by atoms with van der Waals surface area (Å²) in [5, 5.41) is 11.7. The minimum Gasteiger partial charge on any atom is -0.505 e. The van der Waals surface area contributed by atoms with E-state index in [0.717, 1.165) is 18.7 Å². The molecule has 2 aromatic heterocycles. The van der Waals surface area contributed by atoms with Crippen LogP contribution in [0.1, 0.15) is 28.6 Å². The predicted molar refractivity (Wildman–Crippen MR) is 140 cm³/mol. The number of amides is 1. The largest absolute Gasteiger partial charge is 0.505 e. The number of aliphatic hydroxyl groups excluding tert-OH is 1. The van der Waals surface area contributed by atoms with Gasteiger partial charge in [0.15, 0.2) is 5.76 Å². The van der Waals surface area contributed by atoms with Crippen molar-refractivity contribution in [2.24, 2.45) is 0 Å². The molecule has 1 unspecified atom stereocenters. The standard InChI is InChI=1S/C28H32N4O6/c1-17-6-5-9-31-23(18(2)29-27(17)31)25(33)22-24(20-16-19(36-3)7-8-21(20)37-4)32(28(35)26(22)34)11-10-30-12-14-38-15-13-30/h5-9,16,24,33H,10-15H2,1-4H3/b25-22+. The van der Waals surface area contributed by atoms with Crippen LogP contribution in [0.4, 0.5) is 0 Å². The Labute approximate surface area is 221 Å². The fraction of sp³-hybridized carbons (Fsp3) is 0.393. The minimum atomic E-state index is -0.879. The van der Waals surface area contributed by atoms with Crippen LogP contribution in [0.3, 0.4) is 0 Å². The minimum absolute atomic E-state index is 0.00469. The second-order valence-electron chi connectivity index (χ2n) is 9.49. The summed E-state index contributed by atoms with van der Waals surface area (Å²) in [5.74, 6) is -0.673. The Bertz CT molecular complexity index is 1420. The molecular formula is C28H32N4O6. The van der Waals surface area contributed by atoms with E-state index >= 15 is 0 Å². The lowest BCUT2D eigenvalue weighted by atomic mass is 9.95. The van der Waals surface area contributed by atoms with E-state index in [-0.39, 0.29) is 17.9 Å². The molecule has 2 aliphatic rings. The number of rotatable bonds is 7. The molecular weight excluding hydrogens is 488 g/mol. The highest BCUT2D eigenvalue weighted by atomic mass is 16.5. The van der Waals surface area contributed by atoms with Crippen LogP contribution in [0.25, 0.3) is 11.4 Å². The highest BCUT2D eigenvalue weighted by molar-refractivity contribution is 6.46. The van der Waals surface area contributed by atoms with E-state index in [4.69, 9.17) is 14.2 Å². The van der Waals surface area contributed by atoms with Gasteiger partial charge >= 0.3 is 0 Å². The zero-order valence-corrected chi connectivity index (χ0v) is 22.1. The number of carbonyl (C=O) groups excluding carboxylic acids is 2. The molecule has 1 aromatic carbocycles. The maximum Gasteiger partial charge on any atom is 0.295 e. The van der Waals surface area contributed by atoms with E-state index in [1.165, 1.54) is 12.0 Å². The second kappa shape index (κ2) is 10.5. The number of aryl methyl sites for hydroxylation is 2. The van der Waals surface area contributed by atoms with Gasteiger partial charge in [-0.05, 0) is 43.7 Å². The third-order valence-corrected chi connectivity index (χ3v) is 7.28. The van der Waals surface area contributed by atoms with Gasteiger partial charge in [0.05, 0.1) is 44.7 Å². The molecule has 1 amide bonds. The van der Waals surface area contributed by atoms with Gasteiger partial charge in [-0.2, -0.15) is 0 Å². The number of pyridine rings is 1. The molecule has 4 heterocycles. The van der Waals surface area contributed by atoms with E-state index in [0.29, 0.717) is 53.9 Å². The van der Waals surface area contributed by atoms with E-state index in [2.05, 4.69) is 9.88 Å². The molecule has 0 bridgehead atoms. The number of ether oxygens (including phenoxy) is 3. The molecule has 200 valence electrons. The Morgan fingerprint density at radius 1 is 1.11 bits per heavy atom. The van der Waals surface area contributed by atoms with Gasteiger partial charge in [-0.15, -0.1) is 0 Å². The van der Waals surface area contributed by atoms with Crippen molar-refractivity contribution in [1.82, 2.24) is 19.2 Å². The molecule has 0 radical (unpaired) electrons. The van der Waals surface area contributed by atoms with Crippen molar-refractivity contribution in [1.29, 1.82) is 0 Å². The number of benzene rings is 1. The maximum absolute atomic E-state index is 13.6. The smallest absolute Gasteiger partial charge is 0.295 e. The second-order valence-corrected chi connectivity index (χ2v) is 9.49. The molecule has 0 aliphatic carbocycles. The number of aromatic nitrogens is 2. The predicted octanol–water partition coefficient (Wildman–Crippen LogP) is 2.72. The van der Waals surface area contributed by atoms with Crippen molar-refractivity contribution in [2.45, 2.75) is 19.9 Å². The number of morpholine rings is 1. The highest BCUT2D eigenvalue weighted by Gasteiger charge is 2.47. The molecule has 2 saturated heterocycles. The van der Waals surface area contributed by atoms with Gasteiger partial charge in [-0.3, -0.25) is 18.9 Å². The SMILES string of the molecule is COc1ccc(OC)c(C2/C(=C(\O)c3c(C)nc4c(C)cccn34)C(=O)C(=O)N2CCN2CCOCC2)c1. The first-order valence-corrected chi connectivity index (χ1v) is 12.6. The summed E-state index contributed by atoms with van der Waals surface area (Å²) in [7, 11) is 3.08. The average Bonchev–Trinajstić information content (AvgIpc) is 3.41. The molecule has 38 heavy (non-hydrogen) atoms. The van der Waals surface area contributed by atoms with Gasteiger partial charge in [-0.1, -0.05) is 6.07 Å². The Kier molecular flexibility index (Phi) is 7.09. The number of methoxy groups -OCH3 is 2. The number of carbonyl (C=O) groups is 2. The van der Waals surface area contributed by atoms with Gasteiger partial charge in [0.2, 0.25) is 0 Å². The molecule has 0 saturated carbocycles. The van der Waals surface area contributed by atoms with Crippen LogP contribution in [-0.4, -0.2) is 89.6 Å². The van der Waals surface area contributed by atoms with Crippen LogP contribution in [0.15, 0.2) is 42.1 Å². The first-order valence-electron chi connectivity index (χ1n) is 12.6. The number of aliphatic hydroxyl groups is 1. The van der Waals surface area contributed by atoms with Crippen LogP contribution in [0.5, 0.6) is 11.5 Å². The van der Waals surface area contributed by atoms with Crippen LogP contribution in [0.2, 0.25) is 0 Å². The van der Waals surface area contributed by atoms with Crippen molar-refractivity contribution in [3.05, 3.63) is 64.6 Å². The van der Waals surface area contributed by atoms with E-state index in [1.807, 2.05) is 19.1 Å². The molecule has 10 nitrogen and oxygen atoms in total. The van der Waals surface area contributed by atoms with Crippen molar-refractivity contribution < 1.29 is 28.9 Å². The number of imidazole rings is 1. The zero-order chi connectivity index (χ0) is 27.0. The summed E-state index contributed by atoms with van der Waals surface area (Å²) in [6.07, 6.45) is 1.78. The Morgan fingerprint density at radius 3 is 2.58 bits per heavy atom. The van der Waals surface area contributed by atoms with Gasteiger partial charge in [-0.25, -0.2) is 4.98 Å². The number of likely N-dealkylation sites (tertiary alicyclic amines) is 1. The summed E-state index contributed by atoms with van der Waals surface area (Å²) in [4.78, 5) is 35.4. The first-order chi connectivity index (χ1) is 18.3. The topological polar surface area (TPSA) is 106 Å². The van der Waals surface area contributed by atoms with Crippen LogP contribution >= 0.6 is 0 Å². The third kappa shape index (κ3) is 4.39. The summed E-state index contributed by atoms with van der Waals surface area (Å²) in [5.41, 5.74) is 3.07. The molecule has 3 aromatic rings. The number of Topliss-reactive ketones (excluding diaryl/α,β-unsaturated/α-hetero) is 1. The number of hydrogen-bond acceptors (Lipinski definition) is 8. The summed E-state index contributed by atoms with van der Waals surface area (Å²) in [6.45, 7) is 7.30. The Morgan fingerprint density at radius 2 is 1.87 bits per heavy atom. The quantitative estimate of drug-likeness (QED) is 0.288. The highest BCUT2D eigenvalue weighted by Crippen LogP contribution is 2.44. The van der Waals surface area contributed by atoms with Crippen molar-refractivity contribution in [3.8, 4) is 11.5 Å². The maximum atomic E-state index is 13.6. The molecule has 1 atom stereocenters. The third-order valence-electron chi connectivity index (χ3n) is 7.28. The number of hydrogen-bond donors (Lipinski definition) is 1. The van der Waals surface area contributed by atoms with E-state index in [1.54, 1.807) is 42.8 Å². The zero-order valence-electron chi connectivity index (χ0n) is 22.1. The van der Waals surface area contributed by atoms with E-state index in [9.17, 15) is 14.7 Å². The monoisotopic (exact) mass is 520 g/mol. The van der Waals surface area contributed by atoms with Crippen molar-refractivity contribution >= 4 is 23.1 Å². The molecule has 10 heteroatoms. The van der Waals surface area contributed by atoms with Crippen molar-refractivity contribution in [3.63, 3.8) is 0 Å². The first kappa shape index (κ1) is 25.7. The van der Waals surface area contributed by atoms with Crippen LogP contribution in [-0.2, 0) is 14.3 Å². The van der Waals surface area contributed by atoms with Gasteiger partial charge in [0.25, 0.3) is 11.7 Å². The van der Waals surface area contributed by atoms with Crippen LogP contribution in [0, 0.1) is 13.8 Å². The lowest BCUT2D eigenvalue weighted by Crippen LogP contribution is -2.42. The van der Waals surface area contributed by atoms with Gasteiger partial charge in [0.1, 0.15) is 22.8 Å².